The van der Waals surface area contributed by atoms with Crippen molar-refractivity contribution in [2.45, 2.75) is 39.5 Å². The molecule has 0 N–H and O–H groups in total. The van der Waals surface area contributed by atoms with Gasteiger partial charge in [-0.15, -0.1) is 0 Å². The number of benzene rings is 5. The van der Waals surface area contributed by atoms with Gasteiger partial charge in [0.15, 0.2) is 17.3 Å². The number of hydrogen-bond donors (Lipinski definition) is 0. The molecule has 0 spiro atoms. The van der Waals surface area contributed by atoms with Gasteiger partial charge < -0.3 is 4.90 Å². The molecule has 5 aromatic carbocycles. The van der Waals surface area contributed by atoms with E-state index in [9.17, 15) is 9.59 Å². The number of hydrogen-bond acceptors (Lipinski definition) is 10. The van der Waals surface area contributed by atoms with E-state index in [1.54, 1.807) is 0 Å². The van der Waals surface area contributed by atoms with Crippen molar-refractivity contribution in [3.05, 3.63) is 96.1 Å². The van der Waals surface area contributed by atoms with Crippen LogP contribution in [-0.2, 0) is 9.59 Å². The van der Waals surface area contributed by atoms with E-state index in [-0.39, 0.29) is 29.1 Å². The maximum absolute atomic E-state index is 13.3. The van der Waals surface area contributed by atoms with E-state index in [1.165, 1.54) is 11.1 Å². The largest absolute Gasteiger partial charge is 0.311 e. The number of fused-ring (bicyclic) bond motifs is 6. The van der Waals surface area contributed by atoms with Crippen molar-refractivity contribution in [1.29, 1.82) is 0 Å². The van der Waals surface area contributed by atoms with Crippen LogP contribution in [0.4, 0.5) is 22.7 Å². The Morgan fingerprint density at radius 2 is 1.08 bits per heavy atom. The molecule has 9 rings (SSSR count). The lowest BCUT2D eigenvalue weighted by molar-refractivity contribution is -0.120. The molecule has 2 saturated carbocycles. The number of aromatic nitrogens is 4. The lowest BCUT2D eigenvalue weighted by Gasteiger charge is -2.26. The monoisotopic (exact) mass is 678 g/mol. The molecule has 2 fully saturated rings. The standard InChI is InChI=1S/C39H30N6O2S2/c1-21-7-13-24(14-8-21)45(25-15-9-22(2)10-16-25)26-17-11-23(12-18-26)29-19-30-31(34-33(29)41-48-42-34)20-32(36-35(30)43-49-44-36)40-37-38(46)27-5-3-4-6-28(27)39(37)47/h7-20,27-28H,3-6H2,1-2H3. The van der Waals surface area contributed by atoms with E-state index < -0.39 is 0 Å². The average molecular weight is 679 g/mol. The first kappa shape index (κ1) is 29.9. The summed E-state index contributed by atoms with van der Waals surface area (Å²) < 4.78 is 18.7. The number of carbonyl (C=O) groups excluding carboxylic acids is 2. The fraction of sp³-hybridized carbons (Fsp3) is 0.205. The van der Waals surface area contributed by atoms with Crippen LogP contribution in [-0.4, -0.2) is 34.8 Å². The summed E-state index contributed by atoms with van der Waals surface area (Å²) in [6, 6.07) is 29.6. The third-order valence-corrected chi connectivity index (χ3v) is 11.1. The third kappa shape index (κ3) is 4.97. The molecule has 2 atom stereocenters. The van der Waals surface area contributed by atoms with Crippen LogP contribution in [0.5, 0.6) is 0 Å². The Balaban J connectivity index is 1.15. The van der Waals surface area contributed by atoms with Crippen LogP contribution in [0.3, 0.4) is 0 Å². The number of aryl methyl sites for hydroxylation is 2. The Labute approximate surface area is 290 Å². The highest BCUT2D eigenvalue weighted by molar-refractivity contribution is 7.00. The second-order valence-electron chi connectivity index (χ2n) is 13.1. The molecule has 0 aliphatic heterocycles. The zero-order valence-corrected chi connectivity index (χ0v) is 28.5. The molecule has 8 nitrogen and oxygen atoms in total. The summed E-state index contributed by atoms with van der Waals surface area (Å²) in [6.07, 6.45) is 3.46. The lowest BCUT2D eigenvalue weighted by Crippen LogP contribution is -2.21. The van der Waals surface area contributed by atoms with Crippen molar-refractivity contribution in [1.82, 2.24) is 17.5 Å². The second-order valence-corrected chi connectivity index (χ2v) is 14.1. The Morgan fingerprint density at radius 1 is 0.612 bits per heavy atom. The first-order chi connectivity index (χ1) is 23.9. The summed E-state index contributed by atoms with van der Waals surface area (Å²) in [5, 5.41) is 1.70. The molecule has 0 saturated heterocycles. The number of Topliss-reactive ketones (excluding diaryl/α,β-unsaturated/α-hetero) is 2. The maximum Gasteiger partial charge on any atom is 0.188 e. The molecule has 2 aliphatic rings. The van der Waals surface area contributed by atoms with Gasteiger partial charge in [-0.1, -0.05) is 60.4 Å². The second kappa shape index (κ2) is 11.7. The fourth-order valence-electron chi connectivity index (χ4n) is 7.43. The Morgan fingerprint density at radius 3 is 1.65 bits per heavy atom. The van der Waals surface area contributed by atoms with Gasteiger partial charge in [0.1, 0.15) is 22.1 Å². The van der Waals surface area contributed by atoms with Crippen LogP contribution < -0.4 is 4.90 Å². The number of nitrogens with zero attached hydrogens (tertiary/aromatic N) is 6. The van der Waals surface area contributed by atoms with Crippen LogP contribution in [0.1, 0.15) is 36.8 Å². The minimum absolute atomic E-state index is 0.0558. The molecule has 0 bridgehead atoms. The molecule has 2 aromatic heterocycles. The highest BCUT2D eigenvalue weighted by Crippen LogP contribution is 2.43. The summed E-state index contributed by atoms with van der Waals surface area (Å²) in [7, 11) is 0. The van der Waals surface area contributed by atoms with Gasteiger partial charge in [0, 0.05) is 45.2 Å². The minimum Gasteiger partial charge on any atom is -0.311 e. The van der Waals surface area contributed by atoms with E-state index in [2.05, 4.69) is 106 Å². The van der Waals surface area contributed by atoms with Crippen molar-refractivity contribution < 1.29 is 9.59 Å². The first-order valence-corrected chi connectivity index (χ1v) is 18.0. The van der Waals surface area contributed by atoms with Crippen LogP contribution in [0.25, 0.3) is 44.0 Å². The number of ketones is 2. The topological polar surface area (TPSA) is 101 Å². The van der Waals surface area contributed by atoms with Gasteiger partial charge in [0.2, 0.25) is 0 Å². The summed E-state index contributed by atoms with van der Waals surface area (Å²) in [5.41, 5.74) is 10.9. The molecule has 2 aliphatic carbocycles. The molecule has 2 unspecified atom stereocenters. The van der Waals surface area contributed by atoms with Gasteiger partial charge in [-0.25, -0.2) is 4.99 Å². The van der Waals surface area contributed by atoms with E-state index >= 15 is 0 Å². The Bertz CT molecular complexity index is 2390. The highest BCUT2D eigenvalue weighted by Gasteiger charge is 2.47. The van der Waals surface area contributed by atoms with Crippen molar-refractivity contribution >= 4 is 96.3 Å². The summed E-state index contributed by atoms with van der Waals surface area (Å²) >= 11 is 2.25. The molecular formula is C39H30N6O2S2. The van der Waals surface area contributed by atoms with Gasteiger partial charge in [-0.05, 0) is 80.8 Å². The predicted octanol–water partition coefficient (Wildman–Crippen LogP) is 9.63. The number of rotatable bonds is 5. The quantitative estimate of drug-likeness (QED) is 0.179. The SMILES string of the molecule is Cc1ccc(N(c2ccc(C)cc2)c2ccc(-c3cc4c(cc(N=C5C(=O)C6CCCCC6C5=O)c5nsnc54)c4nsnc34)cc2)cc1. The molecule has 2 heterocycles. The van der Waals surface area contributed by atoms with Gasteiger partial charge in [0.25, 0.3) is 0 Å². The summed E-state index contributed by atoms with van der Waals surface area (Å²) in [4.78, 5) is 33.6. The van der Waals surface area contributed by atoms with Crippen LogP contribution in [0.2, 0.25) is 0 Å². The highest BCUT2D eigenvalue weighted by atomic mass is 32.1. The average Bonchev–Trinajstić information content (AvgIpc) is 3.88. The smallest absolute Gasteiger partial charge is 0.188 e. The van der Waals surface area contributed by atoms with Crippen molar-refractivity contribution in [3.63, 3.8) is 0 Å². The van der Waals surface area contributed by atoms with Crippen LogP contribution >= 0.6 is 23.5 Å². The molecule has 0 amide bonds. The Hall–Kier alpha value is -5.19. The van der Waals surface area contributed by atoms with E-state index in [1.807, 2.05) is 6.07 Å². The first-order valence-electron chi connectivity index (χ1n) is 16.5. The van der Waals surface area contributed by atoms with Crippen molar-refractivity contribution in [3.8, 4) is 11.1 Å². The van der Waals surface area contributed by atoms with Gasteiger partial charge in [-0.3, -0.25) is 9.59 Å². The molecule has 240 valence electrons. The lowest BCUT2D eigenvalue weighted by atomic mass is 9.81. The third-order valence-electron chi connectivity index (χ3n) is 10.0. The van der Waals surface area contributed by atoms with E-state index in [0.717, 1.165) is 99.1 Å². The van der Waals surface area contributed by atoms with Crippen LogP contribution in [0, 0.1) is 25.7 Å². The van der Waals surface area contributed by atoms with E-state index in [4.69, 9.17) is 13.7 Å². The molecule has 49 heavy (non-hydrogen) atoms. The molecule has 0 radical (unpaired) electrons. The summed E-state index contributed by atoms with van der Waals surface area (Å²) in [6.45, 7) is 4.19. The molecule has 10 heteroatoms. The normalized spacial score (nSPS) is 17.7. The molecule has 7 aromatic rings. The predicted molar refractivity (Wildman–Crippen MR) is 198 cm³/mol. The van der Waals surface area contributed by atoms with Gasteiger partial charge in [0.05, 0.1) is 29.1 Å². The summed E-state index contributed by atoms with van der Waals surface area (Å²) in [5.74, 6) is -0.745. The number of aliphatic imine (C=N–C) groups is 1. The fourth-order valence-corrected chi connectivity index (χ4v) is 8.58. The Kier molecular flexibility index (Phi) is 7.17. The van der Waals surface area contributed by atoms with Gasteiger partial charge in [-0.2, -0.15) is 17.5 Å². The maximum atomic E-state index is 13.3. The van der Waals surface area contributed by atoms with Crippen molar-refractivity contribution in [2.24, 2.45) is 16.8 Å². The van der Waals surface area contributed by atoms with E-state index in [0.29, 0.717) is 16.7 Å². The zero-order valence-electron chi connectivity index (χ0n) is 26.9. The number of carbonyl (C=O) groups is 2. The number of anilines is 3. The minimum atomic E-state index is -0.242. The van der Waals surface area contributed by atoms with Gasteiger partial charge >= 0.3 is 0 Å². The molecular weight excluding hydrogens is 649 g/mol. The zero-order chi connectivity index (χ0) is 33.2. The van der Waals surface area contributed by atoms with Crippen LogP contribution in [0.15, 0.2) is 89.9 Å². The van der Waals surface area contributed by atoms with Crippen molar-refractivity contribution in [2.75, 3.05) is 4.90 Å².